The number of anilines is 2. The van der Waals surface area contributed by atoms with E-state index >= 15 is 0 Å². The van der Waals surface area contributed by atoms with Gasteiger partial charge in [0.2, 0.25) is 23.5 Å². The van der Waals surface area contributed by atoms with Crippen molar-refractivity contribution in [3.8, 4) is 0 Å². The number of imidazole rings is 2. The second kappa shape index (κ2) is 16.0. The molecule has 4 unspecified atom stereocenters. The van der Waals surface area contributed by atoms with Crippen molar-refractivity contribution in [1.82, 2.24) is 29.1 Å². The van der Waals surface area contributed by atoms with Gasteiger partial charge in [-0.05, 0) is 0 Å². The van der Waals surface area contributed by atoms with Crippen LogP contribution in [0.25, 0.3) is 22.3 Å². The number of ether oxygens (including phenoxy) is 3. The largest absolute Gasteiger partial charge is 0.472 e. The molecule has 55 heavy (non-hydrogen) atoms. The molecule has 0 bridgehead atoms. The van der Waals surface area contributed by atoms with Gasteiger partial charge in [0.15, 0.2) is 12.7 Å². The summed E-state index contributed by atoms with van der Waals surface area (Å²) in [6.45, 7) is -2.96. The monoisotopic (exact) mass is 826 g/mol. The van der Waals surface area contributed by atoms with Crippen LogP contribution >= 0.6 is 15.6 Å². The molecule has 4 aromatic rings. The summed E-state index contributed by atoms with van der Waals surface area (Å²) in [4.78, 5) is 57.6. The molecule has 0 saturated carbocycles. The highest BCUT2D eigenvalue weighted by molar-refractivity contribution is 7.47. The van der Waals surface area contributed by atoms with Gasteiger partial charge in [0.25, 0.3) is 23.0 Å². The number of H-pyrrole nitrogens is 2. The molecular formula is C26H40N10O17P2+2. The molecule has 6 heterocycles. The Morgan fingerprint density at radius 1 is 0.709 bits per heavy atom. The highest BCUT2D eigenvalue weighted by Gasteiger charge is 2.49. The molecule has 2 aliphatic rings. The van der Waals surface area contributed by atoms with E-state index in [1.165, 1.54) is 30.9 Å². The highest BCUT2D eigenvalue weighted by atomic mass is 31.2. The van der Waals surface area contributed by atoms with Crippen LogP contribution in [-0.4, -0.2) is 136 Å². The van der Waals surface area contributed by atoms with Crippen molar-refractivity contribution in [2.24, 2.45) is 14.1 Å². The van der Waals surface area contributed by atoms with E-state index in [-0.39, 0.29) is 47.4 Å². The van der Waals surface area contributed by atoms with Gasteiger partial charge in [-0.15, -0.1) is 0 Å². The fraction of sp³-hybridized carbons (Fsp3) is 0.615. The molecule has 29 heteroatoms. The van der Waals surface area contributed by atoms with Crippen LogP contribution in [-0.2, 0) is 55.5 Å². The SMILES string of the molecule is Cn1c[n+]([C@@H]2O[C@H](COP(=O)(O)OCCOCCOP(=O)(O)OC[C@@H]3O[C@H]([n+]4cn(C)c5c(=O)[nH]c(N)nc54)[C@H](O)C3O)C(O)[C@@H]2O)c2nc(N)[nH]c(=O)c21. The first-order chi connectivity index (χ1) is 25.9. The van der Waals surface area contributed by atoms with E-state index in [2.05, 4.69) is 19.9 Å². The minimum absolute atomic E-state index is 0.0495. The van der Waals surface area contributed by atoms with Crippen molar-refractivity contribution in [3.05, 3.63) is 33.4 Å². The van der Waals surface area contributed by atoms with Gasteiger partial charge >= 0.3 is 26.9 Å². The molecule has 304 valence electrons. The maximum atomic E-state index is 12.4. The first kappa shape index (κ1) is 40.9. The number of aliphatic hydroxyl groups excluding tert-OH is 4. The molecule has 2 fully saturated rings. The summed E-state index contributed by atoms with van der Waals surface area (Å²) in [5.41, 5.74) is 10.5. The maximum absolute atomic E-state index is 12.4. The minimum atomic E-state index is -4.73. The fourth-order valence-electron chi connectivity index (χ4n) is 6.04. The second-order valence-electron chi connectivity index (χ2n) is 12.4. The number of nitrogen functional groups attached to an aromatic ring is 2. The molecule has 12 N–H and O–H groups in total. The lowest BCUT2D eigenvalue weighted by Crippen LogP contribution is -2.46. The van der Waals surface area contributed by atoms with Crippen LogP contribution in [0.4, 0.5) is 11.9 Å². The van der Waals surface area contributed by atoms with Crippen LogP contribution in [0.1, 0.15) is 12.5 Å². The van der Waals surface area contributed by atoms with Crippen LogP contribution in [0, 0.1) is 0 Å². The van der Waals surface area contributed by atoms with Gasteiger partial charge in [0, 0.05) is 0 Å². The molecule has 0 aromatic carbocycles. The van der Waals surface area contributed by atoms with Crippen molar-refractivity contribution in [2.45, 2.75) is 49.1 Å². The fourth-order valence-corrected chi connectivity index (χ4v) is 7.47. The third kappa shape index (κ3) is 8.65. The summed E-state index contributed by atoms with van der Waals surface area (Å²) < 4.78 is 66.2. The molecule has 0 radical (unpaired) electrons. The molecular weight excluding hydrogens is 786 g/mol. The molecule has 0 aliphatic carbocycles. The number of fused-ring (bicyclic) bond motifs is 2. The van der Waals surface area contributed by atoms with E-state index in [0.717, 1.165) is 0 Å². The number of rotatable bonds is 16. The van der Waals surface area contributed by atoms with E-state index in [9.17, 15) is 48.9 Å². The molecule has 6 rings (SSSR count). The number of aromatic nitrogens is 8. The number of nitrogens with zero attached hydrogens (tertiary/aromatic N) is 6. The minimum Gasteiger partial charge on any atom is -0.387 e. The van der Waals surface area contributed by atoms with Crippen molar-refractivity contribution in [3.63, 3.8) is 0 Å². The Morgan fingerprint density at radius 3 is 1.47 bits per heavy atom. The van der Waals surface area contributed by atoms with Crippen LogP contribution in [0.5, 0.6) is 0 Å². The van der Waals surface area contributed by atoms with E-state index < -0.39 is 102 Å². The Balaban J connectivity index is 0.898. The molecule has 4 aromatic heterocycles. The zero-order chi connectivity index (χ0) is 40.0. The van der Waals surface area contributed by atoms with Gasteiger partial charge in [-0.2, -0.15) is 0 Å². The topological polar surface area (TPSA) is 381 Å². The summed E-state index contributed by atoms with van der Waals surface area (Å²) in [6.07, 6.45) is -8.66. The molecule has 2 aliphatic heterocycles. The number of aryl methyl sites for hydroxylation is 2. The van der Waals surface area contributed by atoms with Crippen LogP contribution in [0.3, 0.4) is 0 Å². The maximum Gasteiger partial charge on any atom is 0.472 e. The summed E-state index contributed by atoms with van der Waals surface area (Å²) in [7, 11) is -6.39. The first-order valence-electron chi connectivity index (χ1n) is 16.2. The average molecular weight is 827 g/mol. The lowest BCUT2D eigenvalue weighted by Gasteiger charge is -2.17. The number of hydrogen-bond acceptors (Lipinski definition) is 19. The lowest BCUT2D eigenvalue weighted by molar-refractivity contribution is -0.746. The first-order valence-corrected chi connectivity index (χ1v) is 19.2. The Morgan fingerprint density at radius 2 is 1.09 bits per heavy atom. The van der Waals surface area contributed by atoms with Gasteiger partial charge in [-0.3, -0.25) is 46.8 Å². The second-order valence-corrected chi connectivity index (χ2v) is 15.3. The molecule has 10 atom stereocenters. The normalized spacial score (nSPS) is 27.9. The van der Waals surface area contributed by atoms with E-state index in [1.807, 2.05) is 0 Å². The van der Waals surface area contributed by atoms with Gasteiger partial charge < -0.3 is 55.9 Å². The van der Waals surface area contributed by atoms with Crippen molar-refractivity contribution < 1.29 is 80.8 Å². The van der Waals surface area contributed by atoms with Gasteiger partial charge in [0.1, 0.15) is 36.6 Å². The molecule has 0 amide bonds. The number of hydrogen-bond donors (Lipinski definition) is 10. The van der Waals surface area contributed by atoms with Crippen molar-refractivity contribution in [2.75, 3.05) is 51.1 Å². The molecule has 2 saturated heterocycles. The summed E-state index contributed by atoms with van der Waals surface area (Å²) in [5.74, 6) is -0.397. The standard InChI is InChI=1S/C26H38N10O17P2/c1-33-9-35(19-13(33)21(41)31-25(27)29-19)23-17(39)15(37)11(52-23)7-50-54(43,44)48-5-3-47-4-6-49-55(45,46)51-8-12-16(38)18(40)24(53-12)36-10-34(2)14-20(36)30-26(28)32-22(14)42/h9-12,15-18,23-24,37-40H,3-8H2,1-2H3,(H6-2,27,28,29,30,31,32,41,42,43,44,45,46)/p+2/t11-,12+,15?,16?,17+,18-,23-,24+. The quantitative estimate of drug-likeness (QED) is 0.0287. The third-order valence-corrected chi connectivity index (χ3v) is 10.5. The Bertz CT molecular complexity index is 2090. The predicted octanol–water partition coefficient (Wildman–Crippen LogP) is -5.20. The summed E-state index contributed by atoms with van der Waals surface area (Å²) in [6, 6.07) is 0. The number of nitrogens with one attached hydrogen (secondary N) is 2. The summed E-state index contributed by atoms with van der Waals surface area (Å²) >= 11 is 0. The van der Waals surface area contributed by atoms with Crippen LogP contribution in [0.2, 0.25) is 0 Å². The van der Waals surface area contributed by atoms with Crippen LogP contribution < -0.4 is 31.7 Å². The number of aliphatic hydroxyl groups is 4. The Hall–Kier alpha value is -3.76. The van der Waals surface area contributed by atoms with Gasteiger partial charge in [-0.25, -0.2) is 18.3 Å². The third-order valence-electron chi connectivity index (χ3n) is 8.57. The lowest BCUT2D eigenvalue weighted by atomic mass is 10.1. The molecule has 27 nitrogen and oxygen atoms in total. The zero-order valence-electron chi connectivity index (χ0n) is 28.9. The smallest absolute Gasteiger partial charge is 0.387 e. The average Bonchev–Trinajstić information content (AvgIpc) is 3.79. The van der Waals surface area contributed by atoms with E-state index in [0.29, 0.717) is 0 Å². The van der Waals surface area contributed by atoms with Crippen molar-refractivity contribution in [1.29, 1.82) is 0 Å². The zero-order valence-corrected chi connectivity index (χ0v) is 30.7. The Kier molecular flexibility index (Phi) is 11.9. The number of nitrogens with two attached hydrogens (primary N) is 2. The Labute approximate surface area is 307 Å². The van der Waals surface area contributed by atoms with Gasteiger partial charge in [-0.1, -0.05) is 9.97 Å². The van der Waals surface area contributed by atoms with E-state index in [4.69, 9.17) is 43.8 Å². The van der Waals surface area contributed by atoms with E-state index in [1.54, 1.807) is 14.1 Å². The molecule has 0 spiro atoms. The highest BCUT2D eigenvalue weighted by Crippen LogP contribution is 2.45. The number of phosphoric ester groups is 2. The summed E-state index contributed by atoms with van der Waals surface area (Å²) in [5, 5.41) is 42.3. The van der Waals surface area contributed by atoms with Crippen molar-refractivity contribution >= 4 is 49.9 Å². The van der Waals surface area contributed by atoms with Gasteiger partial charge in [0.05, 0.1) is 53.7 Å². The predicted molar refractivity (Wildman–Crippen MR) is 178 cm³/mol. The number of phosphoric acid groups is 2. The number of aromatic amines is 2. The van der Waals surface area contributed by atoms with Crippen LogP contribution in [0.15, 0.2) is 22.2 Å².